The molecule has 1 saturated heterocycles. The predicted molar refractivity (Wildman–Crippen MR) is 116 cm³/mol. The normalized spacial score (nSPS) is 20.6. The third-order valence-electron chi connectivity index (χ3n) is 5.84. The minimum absolute atomic E-state index is 0.259. The molecule has 8 heteroatoms. The van der Waals surface area contributed by atoms with E-state index in [0.717, 1.165) is 32.6 Å². The van der Waals surface area contributed by atoms with Crippen LogP contribution in [0.25, 0.3) is 0 Å². The summed E-state index contributed by atoms with van der Waals surface area (Å²) < 4.78 is 27.1. The molecular weight excluding hydrogens is 386 g/mol. The van der Waals surface area contributed by atoms with E-state index >= 15 is 0 Å². The zero-order valence-corrected chi connectivity index (χ0v) is 17.9. The molecule has 1 aromatic carbocycles. The highest BCUT2D eigenvalue weighted by Crippen LogP contribution is 2.31. The lowest BCUT2D eigenvalue weighted by Gasteiger charge is -2.31. The van der Waals surface area contributed by atoms with Crippen LogP contribution in [0.4, 0.5) is 11.5 Å². The van der Waals surface area contributed by atoms with Gasteiger partial charge < -0.3 is 15.1 Å². The molecule has 2 aliphatic heterocycles. The van der Waals surface area contributed by atoms with Gasteiger partial charge in [0.25, 0.3) is 0 Å². The number of anilines is 2. The molecule has 7 nitrogen and oxygen atoms in total. The van der Waals surface area contributed by atoms with Crippen LogP contribution in [0.2, 0.25) is 0 Å². The van der Waals surface area contributed by atoms with Crippen LogP contribution in [-0.2, 0) is 16.4 Å². The quantitative estimate of drug-likeness (QED) is 0.777. The second kappa shape index (κ2) is 8.30. The van der Waals surface area contributed by atoms with Crippen molar-refractivity contribution < 1.29 is 8.42 Å². The molecule has 4 rings (SSSR count). The smallest absolute Gasteiger partial charge is 0.244 e. The summed E-state index contributed by atoms with van der Waals surface area (Å²) in [4.78, 5) is 9.14. The molecule has 1 fully saturated rings. The van der Waals surface area contributed by atoms with Crippen LogP contribution in [0.5, 0.6) is 0 Å². The average molecular weight is 416 g/mol. The van der Waals surface area contributed by atoms with E-state index in [2.05, 4.69) is 51.3 Å². The van der Waals surface area contributed by atoms with Crippen molar-refractivity contribution in [3.8, 4) is 0 Å². The fourth-order valence-electron chi connectivity index (χ4n) is 4.09. The largest absolute Gasteiger partial charge is 0.368 e. The van der Waals surface area contributed by atoms with Crippen molar-refractivity contribution in [2.45, 2.75) is 24.3 Å². The van der Waals surface area contributed by atoms with Gasteiger partial charge in [-0.1, -0.05) is 18.2 Å². The molecule has 1 aromatic heterocycles. The van der Waals surface area contributed by atoms with Crippen molar-refractivity contribution in [3.63, 3.8) is 0 Å². The Hall–Kier alpha value is -2.16. The summed E-state index contributed by atoms with van der Waals surface area (Å²) >= 11 is 0. The van der Waals surface area contributed by atoms with Gasteiger partial charge in [0, 0.05) is 57.2 Å². The van der Waals surface area contributed by atoms with Crippen LogP contribution >= 0.6 is 0 Å². The highest BCUT2D eigenvalue weighted by molar-refractivity contribution is 7.89. The maximum Gasteiger partial charge on any atom is 0.244 e. The van der Waals surface area contributed by atoms with E-state index in [4.69, 9.17) is 0 Å². The Balaban J connectivity index is 1.34. The lowest BCUT2D eigenvalue weighted by atomic mass is 10.1. The van der Waals surface area contributed by atoms with Crippen molar-refractivity contribution in [2.24, 2.45) is 0 Å². The number of para-hydroxylation sites is 1. The summed E-state index contributed by atoms with van der Waals surface area (Å²) in [6, 6.07) is 12.4. The molecule has 2 aliphatic rings. The third kappa shape index (κ3) is 4.24. The molecule has 0 amide bonds. The average Bonchev–Trinajstić information content (AvgIpc) is 3.04. The molecule has 0 spiro atoms. The van der Waals surface area contributed by atoms with Crippen molar-refractivity contribution in [3.05, 3.63) is 48.2 Å². The Morgan fingerprint density at radius 2 is 1.86 bits per heavy atom. The number of rotatable bonds is 6. The molecule has 29 heavy (non-hydrogen) atoms. The predicted octanol–water partition coefficient (Wildman–Crippen LogP) is 1.88. The summed E-state index contributed by atoms with van der Waals surface area (Å²) in [5.74, 6) is 0.697. The van der Waals surface area contributed by atoms with Gasteiger partial charge in [0.2, 0.25) is 10.0 Å². The van der Waals surface area contributed by atoms with Crippen molar-refractivity contribution in [2.75, 3.05) is 56.5 Å². The van der Waals surface area contributed by atoms with E-state index in [1.807, 2.05) is 7.05 Å². The molecule has 3 heterocycles. The maximum atomic E-state index is 12.8. The van der Waals surface area contributed by atoms with Gasteiger partial charge in [-0.25, -0.2) is 13.4 Å². The molecule has 0 radical (unpaired) electrons. The standard InChI is InChI=1S/C21H29N5O2S/c1-17-15-18-5-3-4-6-20(18)26(17)10-9-22-21-8-7-19(16-23-21)29(27,28)25-13-11-24(2)12-14-25/h3-8,16-17H,9-15H2,1-2H3,(H,22,23). The number of likely N-dealkylation sites (N-methyl/N-ethyl adjacent to an activating group) is 1. The van der Waals surface area contributed by atoms with Gasteiger partial charge in [0.05, 0.1) is 0 Å². The fourth-order valence-corrected chi connectivity index (χ4v) is 5.46. The Kier molecular flexibility index (Phi) is 5.76. The first-order chi connectivity index (χ1) is 13.9. The van der Waals surface area contributed by atoms with Gasteiger partial charge in [-0.3, -0.25) is 0 Å². The molecule has 2 aromatic rings. The monoisotopic (exact) mass is 415 g/mol. The van der Waals surface area contributed by atoms with Crippen LogP contribution in [0.15, 0.2) is 47.5 Å². The number of nitrogens with one attached hydrogen (secondary N) is 1. The minimum Gasteiger partial charge on any atom is -0.368 e. The summed E-state index contributed by atoms with van der Waals surface area (Å²) in [7, 11) is -1.46. The highest BCUT2D eigenvalue weighted by atomic mass is 32.2. The maximum absolute atomic E-state index is 12.8. The molecule has 0 bridgehead atoms. The Morgan fingerprint density at radius 3 is 2.59 bits per heavy atom. The van der Waals surface area contributed by atoms with Gasteiger partial charge in [-0.05, 0) is 44.2 Å². The van der Waals surface area contributed by atoms with Crippen LogP contribution in [0.1, 0.15) is 12.5 Å². The molecule has 156 valence electrons. The number of hydrogen-bond donors (Lipinski definition) is 1. The molecule has 1 atom stereocenters. The van der Waals surface area contributed by atoms with Gasteiger partial charge in [-0.2, -0.15) is 4.31 Å². The van der Waals surface area contributed by atoms with Crippen LogP contribution in [0, 0.1) is 0 Å². The van der Waals surface area contributed by atoms with E-state index in [1.54, 1.807) is 16.4 Å². The molecular formula is C21H29N5O2S. The van der Waals surface area contributed by atoms with Crippen LogP contribution in [-0.4, -0.2) is 75.0 Å². The van der Waals surface area contributed by atoms with E-state index in [9.17, 15) is 8.42 Å². The van der Waals surface area contributed by atoms with Crippen molar-refractivity contribution >= 4 is 21.5 Å². The van der Waals surface area contributed by atoms with Crippen LogP contribution < -0.4 is 10.2 Å². The van der Waals surface area contributed by atoms with E-state index in [0.29, 0.717) is 24.9 Å². The number of fused-ring (bicyclic) bond motifs is 1. The number of benzene rings is 1. The number of piperazine rings is 1. The van der Waals surface area contributed by atoms with Crippen molar-refractivity contribution in [1.82, 2.24) is 14.2 Å². The lowest BCUT2D eigenvalue weighted by molar-refractivity contribution is 0.222. The summed E-state index contributed by atoms with van der Waals surface area (Å²) in [6.45, 7) is 6.42. The Morgan fingerprint density at radius 1 is 1.10 bits per heavy atom. The second-order valence-corrected chi connectivity index (χ2v) is 9.83. The number of sulfonamides is 1. The first-order valence-electron chi connectivity index (χ1n) is 10.2. The number of aromatic nitrogens is 1. The fraction of sp³-hybridized carbons (Fsp3) is 0.476. The van der Waals surface area contributed by atoms with Gasteiger partial charge in [-0.15, -0.1) is 0 Å². The Labute approximate surface area is 173 Å². The summed E-state index contributed by atoms with van der Waals surface area (Å²) in [6.07, 6.45) is 2.54. The summed E-state index contributed by atoms with van der Waals surface area (Å²) in [5.41, 5.74) is 2.71. The van der Waals surface area contributed by atoms with Crippen LogP contribution in [0.3, 0.4) is 0 Å². The van der Waals surface area contributed by atoms with E-state index in [1.165, 1.54) is 17.4 Å². The topological polar surface area (TPSA) is 68.8 Å². The first-order valence-corrected chi connectivity index (χ1v) is 11.6. The van der Waals surface area contributed by atoms with E-state index < -0.39 is 10.0 Å². The lowest BCUT2D eigenvalue weighted by Crippen LogP contribution is -2.47. The number of hydrogen-bond acceptors (Lipinski definition) is 6. The third-order valence-corrected chi connectivity index (χ3v) is 7.73. The van der Waals surface area contributed by atoms with Gasteiger partial charge in [0.15, 0.2) is 0 Å². The number of pyridine rings is 1. The van der Waals surface area contributed by atoms with Crippen molar-refractivity contribution in [1.29, 1.82) is 0 Å². The molecule has 0 saturated carbocycles. The first kappa shape index (κ1) is 20.1. The highest BCUT2D eigenvalue weighted by Gasteiger charge is 2.28. The SMILES string of the molecule is CC1Cc2ccccc2N1CCNc1ccc(S(=O)(=O)N2CCN(C)CC2)cn1. The second-order valence-electron chi connectivity index (χ2n) is 7.89. The minimum atomic E-state index is -3.47. The van der Waals surface area contributed by atoms with Gasteiger partial charge in [0.1, 0.15) is 10.7 Å². The Bertz CT molecular complexity index is 940. The summed E-state index contributed by atoms with van der Waals surface area (Å²) in [5, 5.41) is 3.32. The molecule has 1 N–H and O–H groups in total. The number of nitrogens with zero attached hydrogens (tertiary/aromatic N) is 4. The zero-order valence-electron chi connectivity index (χ0n) is 17.1. The zero-order chi connectivity index (χ0) is 20.4. The van der Waals surface area contributed by atoms with E-state index in [-0.39, 0.29) is 4.90 Å². The molecule has 0 aliphatic carbocycles. The van der Waals surface area contributed by atoms with Gasteiger partial charge >= 0.3 is 0 Å². The molecule has 1 unspecified atom stereocenters.